The molecule has 1 N–H and O–H groups in total. The molecule has 7 heteroatoms. The van der Waals surface area contributed by atoms with Crippen molar-refractivity contribution in [1.29, 1.82) is 0 Å². The number of H-pyrrole nitrogens is 1. The lowest BCUT2D eigenvalue weighted by molar-refractivity contribution is 0.477. The van der Waals surface area contributed by atoms with Gasteiger partial charge in [0.1, 0.15) is 0 Å². The van der Waals surface area contributed by atoms with Crippen LogP contribution in [0.5, 0.6) is 0 Å². The number of aryl methyl sites for hydroxylation is 1. The van der Waals surface area contributed by atoms with Crippen LogP contribution in [0.25, 0.3) is 0 Å². The first-order valence-electron chi connectivity index (χ1n) is 8.42. The van der Waals surface area contributed by atoms with E-state index in [1.807, 2.05) is 25.3 Å². The molecule has 1 aromatic carbocycles. The SMILES string of the molecule is Cc1cn[nH]c1CN1CCc2ccc(S(=O)(=O)N3CCCC3)cc21. The lowest BCUT2D eigenvalue weighted by Gasteiger charge is -2.21. The molecule has 3 heterocycles. The molecule has 0 spiro atoms. The van der Waals surface area contributed by atoms with Crippen LogP contribution >= 0.6 is 0 Å². The molecule has 1 fully saturated rings. The average Bonchev–Trinajstić information content (AvgIpc) is 3.30. The highest BCUT2D eigenvalue weighted by Crippen LogP contribution is 2.33. The van der Waals surface area contributed by atoms with E-state index in [9.17, 15) is 8.42 Å². The highest BCUT2D eigenvalue weighted by molar-refractivity contribution is 7.89. The molecule has 0 amide bonds. The molecule has 6 nitrogen and oxygen atoms in total. The summed E-state index contributed by atoms with van der Waals surface area (Å²) in [4.78, 5) is 2.65. The third-order valence-electron chi connectivity index (χ3n) is 5.03. The molecule has 0 radical (unpaired) electrons. The Bertz CT molecular complexity index is 853. The molecule has 1 saturated heterocycles. The number of benzene rings is 1. The van der Waals surface area contributed by atoms with Crippen molar-refractivity contribution in [2.24, 2.45) is 0 Å². The smallest absolute Gasteiger partial charge is 0.243 e. The first-order chi connectivity index (χ1) is 11.6. The number of hydrogen-bond donors (Lipinski definition) is 1. The van der Waals surface area contributed by atoms with Crippen molar-refractivity contribution in [2.75, 3.05) is 24.5 Å². The Morgan fingerprint density at radius 2 is 2.00 bits per heavy atom. The molecule has 0 saturated carbocycles. The summed E-state index contributed by atoms with van der Waals surface area (Å²) in [6, 6.07) is 5.58. The molecule has 2 aromatic rings. The molecule has 4 rings (SSSR count). The number of nitrogens with zero attached hydrogens (tertiary/aromatic N) is 3. The van der Waals surface area contributed by atoms with Gasteiger partial charge in [-0.1, -0.05) is 6.07 Å². The highest BCUT2D eigenvalue weighted by atomic mass is 32.2. The van der Waals surface area contributed by atoms with Gasteiger partial charge in [0.15, 0.2) is 0 Å². The Balaban J connectivity index is 1.65. The van der Waals surface area contributed by atoms with Crippen LogP contribution in [0.15, 0.2) is 29.3 Å². The summed E-state index contributed by atoms with van der Waals surface area (Å²) in [5.41, 5.74) is 4.46. The second-order valence-corrected chi connectivity index (χ2v) is 8.54. The Morgan fingerprint density at radius 1 is 1.21 bits per heavy atom. The molecule has 1 aromatic heterocycles. The molecule has 2 aliphatic heterocycles. The van der Waals surface area contributed by atoms with E-state index in [0.717, 1.165) is 49.3 Å². The van der Waals surface area contributed by atoms with Gasteiger partial charge in [-0.05, 0) is 49.4 Å². The van der Waals surface area contributed by atoms with Gasteiger partial charge >= 0.3 is 0 Å². The summed E-state index contributed by atoms with van der Waals surface area (Å²) < 4.78 is 27.2. The summed E-state index contributed by atoms with van der Waals surface area (Å²) >= 11 is 0. The third kappa shape index (κ3) is 2.61. The lowest BCUT2D eigenvalue weighted by Crippen LogP contribution is -2.28. The normalized spacial score (nSPS) is 18.3. The molecule has 0 aliphatic carbocycles. The van der Waals surface area contributed by atoms with Gasteiger partial charge in [0, 0.05) is 25.3 Å². The molecule has 0 unspecified atom stereocenters. The Labute approximate surface area is 142 Å². The third-order valence-corrected chi connectivity index (χ3v) is 6.93. The Morgan fingerprint density at radius 3 is 2.71 bits per heavy atom. The van der Waals surface area contributed by atoms with Crippen LogP contribution in [0, 0.1) is 6.92 Å². The molecule has 2 aliphatic rings. The summed E-state index contributed by atoms with van der Waals surface area (Å²) in [6.45, 7) is 4.93. The monoisotopic (exact) mass is 346 g/mol. The van der Waals surface area contributed by atoms with E-state index < -0.39 is 10.0 Å². The molecule has 0 bridgehead atoms. The van der Waals surface area contributed by atoms with Gasteiger partial charge in [-0.2, -0.15) is 9.40 Å². The minimum absolute atomic E-state index is 0.413. The summed E-state index contributed by atoms with van der Waals surface area (Å²) in [7, 11) is -3.37. The number of anilines is 1. The van der Waals surface area contributed by atoms with E-state index in [0.29, 0.717) is 18.0 Å². The maximum Gasteiger partial charge on any atom is 0.243 e. The largest absolute Gasteiger partial charge is 0.365 e. The zero-order valence-electron chi connectivity index (χ0n) is 13.8. The van der Waals surface area contributed by atoms with E-state index in [2.05, 4.69) is 15.1 Å². The van der Waals surface area contributed by atoms with E-state index in [4.69, 9.17) is 0 Å². The number of nitrogens with one attached hydrogen (secondary N) is 1. The number of sulfonamides is 1. The predicted molar refractivity (Wildman–Crippen MR) is 92.5 cm³/mol. The van der Waals surface area contributed by atoms with Crippen molar-refractivity contribution in [3.05, 3.63) is 41.2 Å². The maximum atomic E-state index is 12.8. The summed E-state index contributed by atoms with van der Waals surface area (Å²) in [5, 5.41) is 7.11. The van der Waals surface area contributed by atoms with Crippen molar-refractivity contribution in [3.63, 3.8) is 0 Å². The maximum absolute atomic E-state index is 12.8. The summed E-state index contributed by atoms with van der Waals surface area (Å²) in [6.07, 6.45) is 4.68. The van der Waals surface area contributed by atoms with Gasteiger partial charge in [-0.25, -0.2) is 8.42 Å². The van der Waals surface area contributed by atoms with Crippen LogP contribution in [0.1, 0.15) is 29.7 Å². The van der Waals surface area contributed by atoms with E-state index in [-0.39, 0.29) is 0 Å². The fourth-order valence-corrected chi connectivity index (χ4v) is 5.09. The second kappa shape index (κ2) is 5.89. The quantitative estimate of drug-likeness (QED) is 0.920. The molecular weight excluding hydrogens is 324 g/mol. The van der Waals surface area contributed by atoms with Gasteiger partial charge in [-0.3, -0.25) is 5.10 Å². The van der Waals surface area contributed by atoms with E-state index in [1.165, 1.54) is 5.56 Å². The van der Waals surface area contributed by atoms with Crippen molar-refractivity contribution >= 4 is 15.7 Å². The van der Waals surface area contributed by atoms with Gasteiger partial charge in [0.25, 0.3) is 0 Å². The van der Waals surface area contributed by atoms with Crippen molar-refractivity contribution in [1.82, 2.24) is 14.5 Å². The van der Waals surface area contributed by atoms with Crippen LogP contribution in [0.2, 0.25) is 0 Å². The van der Waals surface area contributed by atoms with Crippen molar-refractivity contribution in [2.45, 2.75) is 37.6 Å². The van der Waals surface area contributed by atoms with Gasteiger partial charge in [0.05, 0.1) is 23.3 Å². The number of fused-ring (bicyclic) bond motifs is 1. The molecule has 24 heavy (non-hydrogen) atoms. The van der Waals surface area contributed by atoms with Crippen molar-refractivity contribution < 1.29 is 8.42 Å². The highest BCUT2D eigenvalue weighted by Gasteiger charge is 2.29. The number of rotatable bonds is 4. The van der Waals surface area contributed by atoms with Crippen LogP contribution in [0.3, 0.4) is 0 Å². The minimum Gasteiger partial charge on any atom is -0.365 e. The Hall–Kier alpha value is -1.86. The average molecular weight is 346 g/mol. The van der Waals surface area contributed by atoms with Gasteiger partial charge < -0.3 is 4.90 Å². The standard InChI is InChI=1S/C17H22N4O2S/c1-13-11-18-19-16(13)12-20-9-6-14-4-5-15(10-17(14)20)24(22,23)21-7-2-3-8-21/h4-5,10-11H,2-3,6-9,12H2,1H3,(H,18,19). The lowest BCUT2D eigenvalue weighted by atomic mass is 10.2. The van der Waals surface area contributed by atoms with E-state index >= 15 is 0 Å². The minimum atomic E-state index is -3.37. The number of aromatic nitrogens is 2. The first-order valence-corrected chi connectivity index (χ1v) is 9.86. The topological polar surface area (TPSA) is 69.3 Å². The van der Waals surface area contributed by atoms with E-state index in [1.54, 1.807) is 10.4 Å². The van der Waals surface area contributed by atoms with Crippen LogP contribution in [-0.2, 0) is 23.0 Å². The van der Waals surface area contributed by atoms with Crippen LogP contribution in [-0.4, -0.2) is 42.6 Å². The molecular formula is C17H22N4O2S. The zero-order valence-corrected chi connectivity index (χ0v) is 14.6. The predicted octanol–water partition coefficient (Wildman–Crippen LogP) is 2.07. The molecule has 128 valence electrons. The van der Waals surface area contributed by atoms with Crippen LogP contribution in [0.4, 0.5) is 5.69 Å². The second-order valence-electron chi connectivity index (χ2n) is 6.60. The zero-order chi connectivity index (χ0) is 16.7. The summed E-state index contributed by atoms with van der Waals surface area (Å²) in [5.74, 6) is 0. The van der Waals surface area contributed by atoms with Gasteiger partial charge in [-0.15, -0.1) is 0 Å². The Kier molecular flexibility index (Phi) is 3.85. The van der Waals surface area contributed by atoms with Crippen LogP contribution < -0.4 is 4.90 Å². The fraction of sp³-hybridized carbons (Fsp3) is 0.471. The van der Waals surface area contributed by atoms with Gasteiger partial charge in [0.2, 0.25) is 10.0 Å². The first kappa shape index (κ1) is 15.7. The van der Waals surface area contributed by atoms with Crippen molar-refractivity contribution in [3.8, 4) is 0 Å². The number of hydrogen-bond acceptors (Lipinski definition) is 4. The number of aromatic amines is 1. The molecule has 0 atom stereocenters. The fourth-order valence-electron chi connectivity index (χ4n) is 3.55.